The molecule has 3 rings (SSSR count). The van der Waals surface area contributed by atoms with Gasteiger partial charge in [-0.1, -0.05) is 24.3 Å². The van der Waals surface area contributed by atoms with Crippen LogP contribution in [0.25, 0.3) is 0 Å². The zero-order valence-corrected chi connectivity index (χ0v) is 15.7. The summed E-state index contributed by atoms with van der Waals surface area (Å²) in [7, 11) is -1.64. The number of amides is 1. The highest BCUT2D eigenvalue weighted by atomic mass is 32.2. The van der Waals surface area contributed by atoms with Crippen molar-refractivity contribution in [2.75, 3.05) is 44.7 Å². The van der Waals surface area contributed by atoms with Gasteiger partial charge in [0.1, 0.15) is 4.21 Å². The molecule has 2 aromatic rings. The van der Waals surface area contributed by atoms with Crippen molar-refractivity contribution >= 4 is 33.0 Å². The summed E-state index contributed by atoms with van der Waals surface area (Å²) in [6.07, 6.45) is 0. The topological polar surface area (TPSA) is 60.9 Å². The fraction of sp³-hybridized carbons (Fsp3) is 0.353. The van der Waals surface area contributed by atoms with Crippen molar-refractivity contribution in [3.63, 3.8) is 0 Å². The molecule has 0 bridgehead atoms. The summed E-state index contributed by atoms with van der Waals surface area (Å²) >= 11 is 1.23. The molecule has 0 radical (unpaired) electrons. The largest absolute Gasteiger partial charge is 0.314 e. The van der Waals surface area contributed by atoms with Crippen LogP contribution >= 0.6 is 11.3 Å². The Balaban J connectivity index is 1.55. The summed E-state index contributed by atoms with van der Waals surface area (Å²) in [6, 6.07) is 12.9. The molecule has 1 saturated heterocycles. The zero-order valence-electron chi connectivity index (χ0n) is 14.0. The maximum atomic E-state index is 12.5. The molecule has 1 aliphatic rings. The number of rotatable bonds is 5. The van der Waals surface area contributed by atoms with E-state index in [1.165, 1.54) is 15.6 Å². The summed E-state index contributed by atoms with van der Waals surface area (Å²) < 4.78 is 26.9. The number of thiophene rings is 1. The van der Waals surface area contributed by atoms with Crippen LogP contribution in [0.2, 0.25) is 0 Å². The highest BCUT2D eigenvalue weighted by Gasteiger charge is 2.30. The highest BCUT2D eigenvalue weighted by molar-refractivity contribution is 7.91. The van der Waals surface area contributed by atoms with E-state index in [4.69, 9.17) is 0 Å². The third-order valence-corrected chi connectivity index (χ3v) is 7.57. The van der Waals surface area contributed by atoms with Gasteiger partial charge in [-0.25, -0.2) is 8.42 Å². The van der Waals surface area contributed by atoms with Crippen LogP contribution in [0.4, 0.5) is 5.69 Å². The van der Waals surface area contributed by atoms with Gasteiger partial charge in [0, 0.05) is 38.9 Å². The van der Waals surface area contributed by atoms with Crippen LogP contribution in [-0.2, 0) is 14.8 Å². The van der Waals surface area contributed by atoms with Crippen LogP contribution in [-0.4, -0.2) is 63.3 Å². The van der Waals surface area contributed by atoms with Gasteiger partial charge in [0.05, 0.1) is 6.54 Å². The van der Waals surface area contributed by atoms with Crippen LogP contribution in [0.3, 0.4) is 0 Å². The molecule has 0 atom stereocenters. The Hall–Kier alpha value is -1.74. The Bertz CT molecular complexity index is 799. The van der Waals surface area contributed by atoms with Gasteiger partial charge < -0.3 is 4.90 Å². The molecular formula is C17H21N3O3S2. The van der Waals surface area contributed by atoms with Gasteiger partial charge in [-0.05, 0) is 23.6 Å². The van der Waals surface area contributed by atoms with Crippen LogP contribution < -0.4 is 4.90 Å². The number of carbonyl (C=O) groups is 1. The summed E-state index contributed by atoms with van der Waals surface area (Å²) in [5.74, 6) is 0.000707. The standard InChI is InChI=1S/C17H21N3O3S2/c1-18(15-6-3-2-4-7-15)16(21)14-19-9-11-20(12-10-19)25(22,23)17-8-5-13-24-17/h2-8,13H,9-12,14H2,1H3. The van der Waals surface area contributed by atoms with Crippen molar-refractivity contribution < 1.29 is 13.2 Å². The van der Waals surface area contributed by atoms with Crippen molar-refractivity contribution in [1.29, 1.82) is 0 Å². The van der Waals surface area contributed by atoms with E-state index in [1.807, 2.05) is 35.2 Å². The van der Waals surface area contributed by atoms with E-state index in [0.717, 1.165) is 5.69 Å². The van der Waals surface area contributed by atoms with E-state index in [2.05, 4.69) is 0 Å². The van der Waals surface area contributed by atoms with Crippen LogP contribution in [0.1, 0.15) is 0 Å². The van der Waals surface area contributed by atoms with Crippen molar-refractivity contribution in [2.24, 2.45) is 0 Å². The molecule has 2 heterocycles. The van der Waals surface area contributed by atoms with Gasteiger partial charge in [-0.2, -0.15) is 4.31 Å². The number of benzene rings is 1. The Morgan fingerprint density at radius 2 is 1.76 bits per heavy atom. The molecule has 1 aromatic carbocycles. The van der Waals surface area contributed by atoms with Gasteiger partial charge in [0.15, 0.2) is 0 Å². The average molecular weight is 380 g/mol. The first kappa shape index (κ1) is 18.1. The number of hydrogen-bond donors (Lipinski definition) is 0. The molecule has 1 amide bonds. The minimum absolute atomic E-state index is 0.000707. The number of piperazine rings is 1. The number of nitrogens with zero attached hydrogens (tertiary/aromatic N) is 3. The second-order valence-corrected chi connectivity index (χ2v) is 9.01. The van der Waals surface area contributed by atoms with E-state index < -0.39 is 10.0 Å². The summed E-state index contributed by atoms with van der Waals surface area (Å²) in [5.41, 5.74) is 0.853. The predicted octanol–water partition coefficient (Wildman–Crippen LogP) is 1.72. The molecule has 0 spiro atoms. The summed E-state index contributed by atoms with van der Waals surface area (Å²) in [5, 5.41) is 1.77. The molecular weight excluding hydrogens is 358 g/mol. The maximum Gasteiger partial charge on any atom is 0.252 e. The number of sulfonamides is 1. The highest BCUT2D eigenvalue weighted by Crippen LogP contribution is 2.22. The fourth-order valence-corrected chi connectivity index (χ4v) is 5.33. The molecule has 1 aliphatic heterocycles. The minimum atomic E-state index is -3.40. The molecule has 25 heavy (non-hydrogen) atoms. The monoisotopic (exact) mass is 379 g/mol. The minimum Gasteiger partial charge on any atom is -0.314 e. The Labute approximate surface area is 152 Å². The number of anilines is 1. The molecule has 0 saturated carbocycles. The lowest BCUT2D eigenvalue weighted by Crippen LogP contribution is -2.51. The first-order valence-corrected chi connectivity index (χ1v) is 10.4. The van der Waals surface area contributed by atoms with E-state index in [1.54, 1.807) is 29.5 Å². The van der Waals surface area contributed by atoms with Crippen LogP contribution in [0.5, 0.6) is 0 Å². The molecule has 8 heteroatoms. The summed E-state index contributed by atoms with van der Waals surface area (Å²) in [4.78, 5) is 16.1. The Morgan fingerprint density at radius 1 is 1.08 bits per heavy atom. The maximum absolute atomic E-state index is 12.5. The molecule has 0 unspecified atom stereocenters. The van der Waals surface area contributed by atoms with Crippen molar-refractivity contribution in [2.45, 2.75) is 4.21 Å². The first-order valence-electron chi connectivity index (χ1n) is 8.06. The second-order valence-electron chi connectivity index (χ2n) is 5.90. The fourth-order valence-electron chi connectivity index (χ4n) is 2.76. The predicted molar refractivity (Wildman–Crippen MR) is 99.4 cm³/mol. The lowest BCUT2D eigenvalue weighted by atomic mass is 10.3. The molecule has 1 aromatic heterocycles. The van der Waals surface area contributed by atoms with E-state index in [-0.39, 0.29) is 12.5 Å². The SMILES string of the molecule is CN(C(=O)CN1CCN(S(=O)(=O)c2cccs2)CC1)c1ccccc1. The zero-order chi connectivity index (χ0) is 17.9. The smallest absolute Gasteiger partial charge is 0.252 e. The molecule has 1 fully saturated rings. The number of para-hydroxylation sites is 1. The van der Waals surface area contributed by atoms with Crippen LogP contribution in [0.15, 0.2) is 52.1 Å². The van der Waals surface area contributed by atoms with Gasteiger partial charge in [0.25, 0.3) is 10.0 Å². The summed E-state index contributed by atoms with van der Waals surface area (Å²) in [6.45, 7) is 2.21. The van der Waals surface area contributed by atoms with Crippen molar-refractivity contribution in [1.82, 2.24) is 9.21 Å². The van der Waals surface area contributed by atoms with Gasteiger partial charge in [-0.15, -0.1) is 11.3 Å². The third-order valence-electron chi connectivity index (χ3n) is 4.30. The van der Waals surface area contributed by atoms with E-state index >= 15 is 0 Å². The van der Waals surface area contributed by atoms with E-state index in [9.17, 15) is 13.2 Å². The van der Waals surface area contributed by atoms with Crippen molar-refractivity contribution in [3.05, 3.63) is 47.8 Å². The lowest BCUT2D eigenvalue weighted by Gasteiger charge is -2.34. The number of likely N-dealkylation sites (N-methyl/N-ethyl adjacent to an activating group) is 1. The lowest BCUT2D eigenvalue weighted by molar-refractivity contribution is -0.119. The normalized spacial score (nSPS) is 16.7. The third kappa shape index (κ3) is 4.09. The Morgan fingerprint density at radius 3 is 2.36 bits per heavy atom. The van der Waals surface area contributed by atoms with Gasteiger partial charge >= 0.3 is 0 Å². The van der Waals surface area contributed by atoms with Crippen LogP contribution in [0, 0.1) is 0 Å². The average Bonchev–Trinajstić information content (AvgIpc) is 3.18. The molecule has 0 aliphatic carbocycles. The first-order chi connectivity index (χ1) is 12.0. The molecule has 6 nitrogen and oxygen atoms in total. The van der Waals surface area contributed by atoms with Crippen molar-refractivity contribution in [3.8, 4) is 0 Å². The van der Waals surface area contributed by atoms with Gasteiger partial charge in [-0.3, -0.25) is 9.69 Å². The van der Waals surface area contributed by atoms with Gasteiger partial charge in [0.2, 0.25) is 5.91 Å². The van der Waals surface area contributed by atoms with E-state index in [0.29, 0.717) is 30.4 Å². The number of hydrogen-bond acceptors (Lipinski definition) is 5. The molecule has 134 valence electrons. The Kier molecular flexibility index (Phi) is 5.53. The second kappa shape index (κ2) is 7.65. The number of carbonyl (C=O) groups excluding carboxylic acids is 1. The molecule has 0 N–H and O–H groups in total. The quantitative estimate of drug-likeness (QED) is 0.794.